The molecule has 1 aliphatic heterocycles. The van der Waals surface area contributed by atoms with Crippen LogP contribution < -0.4 is 10.4 Å². The quantitative estimate of drug-likeness (QED) is 0.361. The summed E-state index contributed by atoms with van der Waals surface area (Å²) in [6.45, 7) is 2.78. The first-order valence-corrected chi connectivity index (χ1v) is 9.94. The molecule has 0 amide bonds. The fraction of sp³-hybridized carbons (Fsp3) is 0.381. The van der Waals surface area contributed by atoms with Gasteiger partial charge >= 0.3 is 5.69 Å². The number of aromatic amines is 1. The van der Waals surface area contributed by atoms with Crippen LogP contribution in [0.25, 0.3) is 11.0 Å². The van der Waals surface area contributed by atoms with E-state index in [1.807, 2.05) is 36.1 Å². The van der Waals surface area contributed by atoms with E-state index in [1.165, 1.54) is 0 Å². The molecule has 4 rings (SSSR count). The Balaban J connectivity index is 1.51. The molecule has 1 fully saturated rings. The Morgan fingerprint density at radius 1 is 1.00 bits per heavy atom. The molecule has 166 valence electrons. The zero-order valence-corrected chi connectivity index (χ0v) is 16.6. The van der Waals surface area contributed by atoms with Crippen molar-refractivity contribution in [3.05, 3.63) is 63.8 Å². The number of fused-ring (bicyclic) bond motifs is 1. The van der Waals surface area contributed by atoms with Crippen molar-refractivity contribution in [2.24, 2.45) is 0 Å². The van der Waals surface area contributed by atoms with Crippen LogP contribution in [0.1, 0.15) is 32.4 Å². The highest BCUT2D eigenvalue weighted by Crippen LogP contribution is 2.32. The van der Waals surface area contributed by atoms with Crippen molar-refractivity contribution in [2.45, 2.75) is 38.5 Å². The van der Waals surface area contributed by atoms with Gasteiger partial charge in [-0.3, -0.25) is 9.47 Å². The highest BCUT2D eigenvalue weighted by Gasteiger charge is 2.32. The number of nitrogens with one attached hydrogen (secondary N) is 1. The largest absolute Gasteiger partial charge is 0.484 e. The van der Waals surface area contributed by atoms with Gasteiger partial charge in [0.1, 0.15) is 6.10 Å². The van der Waals surface area contributed by atoms with Crippen LogP contribution in [0, 0.1) is 29.1 Å². The fourth-order valence-corrected chi connectivity index (χ4v) is 4.12. The average Bonchev–Trinajstić information content (AvgIpc) is 3.11. The van der Waals surface area contributed by atoms with E-state index in [-0.39, 0.29) is 11.9 Å². The van der Waals surface area contributed by atoms with Crippen LogP contribution in [-0.2, 0) is 0 Å². The highest BCUT2D eigenvalue weighted by atomic mass is 19.2. The molecule has 1 aromatic heterocycles. The Bertz CT molecular complexity index is 1140. The summed E-state index contributed by atoms with van der Waals surface area (Å²) >= 11 is 0. The number of hydrogen-bond acceptors (Lipinski definition) is 3. The molecule has 1 saturated heterocycles. The number of piperidine rings is 1. The van der Waals surface area contributed by atoms with Gasteiger partial charge in [-0.1, -0.05) is 19.1 Å². The maximum Gasteiger partial charge on any atom is 0.327 e. The van der Waals surface area contributed by atoms with E-state index in [0.29, 0.717) is 32.4 Å². The van der Waals surface area contributed by atoms with E-state index in [2.05, 4.69) is 4.98 Å². The Hall–Kier alpha value is -2.88. The molecule has 1 N–H and O–H groups in total. The molecule has 31 heavy (non-hydrogen) atoms. The van der Waals surface area contributed by atoms with E-state index in [0.717, 1.165) is 11.0 Å². The highest BCUT2D eigenvalue weighted by molar-refractivity contribution is 5.75. The lowest BCUT2D eigenvalue weighted by Crippen LogP contribution is -2.44. The number of nitrogens with zero attached hydrogens (tertiary/aromatic N) is 2. The first-order valence-electron chi connectivity index (χ1n) is 9.94. The summed E-state index contributed by atoms with van der Waals surface area (Å²) < 4.78 is 74.7. The molecule has 0 radical (unpaired) electrons. The SMILES string of the molecule is CCC(N1CCC(Oc2c(F)c(F)c(F)c(F)c2F)CC1)n1c(=O)[nH]c2ccccc21. The van der Waals surface area contributed by atoms with Crippen LogP contribution in [0.3, 0.4) is 0 Å². The summed E-state index contributed by atoms with van der Waals surface area (Å²) in [7, 11) is 0. The molecule has 1 atom stereocenters. The Kier molecular flexibility index (Phi) is 5.74. The third kappa shape index (κ3) is 3.69. The summed E-state index contributed by atoms with van der Waals surface area (Å²) in [6, 6.07) is 7.31. The minimum Gasteiger partial charge on any atom is -0.484 e. The van der Waals surface area contributed by atoms with Crippen molar-refractivity contribution >= 4 is 11.0 Å². The van der Waals surface area contributed by atoms with Gasteiger partial charge in [-0.15, -0.1) is 0 Å². The van der Waals surface area contributed by atoms with E-state index in [4.69, 9.17) is 4.74 Å². The van der Waals surface area contributed by atoms with Crippen molar-refractivity contribution < 1.29 is 26.7 Å². The van der Waals surface area contributed by atoms with E-state index >= 15 is 0 Å². The van der Waals surface area contributed by atoms with Crippen molar-refractivity contribution in [1.29, 1.82) is 0 Å². The van der Waals surface area contributed by atoms with Gasteiger partial charge in [0.2, 0.25) is 29.1 Å². The van der Waals surface area contributed by atoms with Crippen LogP contribution >= 0.6 is 0 Å². The number of para-hydroxylation sites is 2. The second-order valence-corrected chi connectivity index (χ2v) is 7.46. The number of aromatic nitrogens is 2. The lowest BCUT2D eigenvalue weighted by atomic mass is 10.1. The number of imidazole rings is 1. The molecule has 0 saturated carbocycles. The normalized spacial score (nSPS) is 16.7. The number of rotatable bonds is 5. The zero-order chi connectivity index (χ0) is 22.3. The van der Waals surface area contributed by atoms with E-state index < -0.39 is 40.9 Å². The second kappa shape index (κ2) is 8.33. The lowest BCUT2D eigenvalue weighted by molar-refractivity contribution is 0.0455. The molecule has 0 spiro atoms. The number of halogens is 5. The smallest absolute Gasteiger partial charge is 0.327 e. The predicted molar refractivity (Wildman–Crippen MR) is 103 cm³/mol. The second-order valence-electron chi connectivity index (χ2n) is 7.46. The maximum absolute atomic E-state index is 13.9. The van der Waals surface area contributed by atoms with Gasteiger partial charge in [-0.05, 0) is 31.4 Å². The Labute approximate surface area is 174 Å². The molecule has 3 aromatic rings. The van der Waals surface area contributed by atoms with Crippen molar-refractivity contribution in [3.63, 3.8) is 0 Å². The third-order valence-corrected chi connectivity index (χ3v) is 5.64. The molecule has 0 bridgehead atoms. The van der Waals surface area contributed by atoms with Gasteiger partial charge in [0.05, 0.1) is 17.2 Å². The fourth-order valence-electron chi connectivity index (χ4n) is 4.12. The Morgan fingerprint density at radius 2 is 1.58 bits per heavy atom. The summed E-state index contributed by atoms with van der Waals surface area (Å²) in [4.78, 5) is 17.4. The summed E-state index contributed by atoms with van der Waals surface area (Å²) in [6.07, 6.45) is 0.256. The molecular formula is C21H20F5N3O2. The molecule has 1 aliphatic rings. The average molecular weight is 441 g/mol. The minimum atomic E-state index is -2.22. The third-order valence-electron chi connectivity index (χ3n) is 5.64. The van der Waals surface area contributed by atoms with Gasteiger partial charge in [0.25, 0.3) is 0 Å². The first kappa shape index (κ1) is 21.4. The van der Waals surface area contributed by atoms with Crippen LogP contribution in [0.2, 0.25) is 0 Å². The number of hydrogen-bond donors (Lipinski definition) is 1. The summed E-state index contributed by atoms with van der Waals surface area (Å²) in [5.41, 5.74) is 1.24. The van der Waals surface area contributed by atoms with Crippen LogP contribution in [0.15, 0.2) is 29.1 Å². The van der Waals surface area contributed by atoms with Crippen LogP contribution in [-0.4, -0.2) is 33.6 Å². The van der Waals surface area contributed by atoms with Crippen LogP contribution in [0.4, 0.5) is 22.0 Å². The topological polar surface area (TPSA) is 50.3 Å². The molecule has 10 heteroatoms. The summed E-state index contributed by atoms with van der Waals surface area (Å²) in [5.74, 6) is -11.5. The number of likely N-dealkylation sites (tertiary alicyclic amines) is 1. The van der Waals surface area contributed by atoms with Gasteiger partial charge in [-0.2, -0.15) is 8.78 Å². The zero-order valence-electron chi connectivity index (χ0n) is 16.6. The molecule has 2 heterocycles. The van der Waals surface area contributed by atoms with Gasteiger partial charge < -0.3 is 9.72 Å². The van der Waals surface area contributed by atoms with Gasteiger partial charge in [-0.25, -0.2) is 18.0 Å². The van der Waals surface area contributed by atoms with Gasteiger partial charge in [0, 0.05) is 13.1 Å². The monoisotopic (exact) mass is 441 g/mol. The molecular weight excluding hydrogens is 421 g/mol. The van der Waals surface area contributed by atoms with Crippen molar-refractivity contribution in [3.8, 4) is 5.75 Å². The standard InChI is InChI=1S/C21H20F5N3O2/c1-2-14(29-13-6-4-3-5-12(13)27-21(29)30)28-9-7-11(8-10-28)31-20-18(25)16(23)15(22)17(24)19(20)26/h3-6,11,14H,2,7-10H2,1H3,(H,27,30). The lowest BCUT2D eigenvalue weighted by Gasteiger charge is -2.37. The number of H-pyrrole nitrogens is 1. The number of benzene rings is 2. The van der Waals surface area contributed by atoms with Gasteiger partial charge in [0.15, 0.2) is 5.75 Å². The van der Waals surface area contributed by atoms with Crippen molar-refractivity contribution in [2.75, 3.05) is 13.1 Å². The predicted octanol–water partition coefficient (Wildman–Crippen LogP) is 4.48. The molecule has 0 aliphatic carbocycles. The van der Waals surface area contributed by atoms with Crippen LogP contribution in [0.5, 0.6) is 5.75 Å². The van der Waals surface area contributed by atoms with E-state index in [9.17, 15) is 26.7 Å². The first-order chi connectivity index (χ1) is 14.8. The van der Waals surface area contributed by atoms with E-state index in [1.54, 1.807) is 4.57 Å². The number of ether oxygens (including phenoxy) is 1. The van der Waals surface area contributed by atoms with Crippen molar-refractivity contribution in [1.82, 2.24) is 14.5 Å². The molecule has 5 nitrogen and oxygen atoms in total. The Morgan fingerprint density at radius 3 is 2.19 bits per heavy atom. The maximum atomic E-state index is 13.9. The minimum absolute atomic E-state index is 0.243. The molecule has 1 unspecified atom stereocenters. The molecule has 2 aromatic carbocycles. The summed E-state index contributed by atoms with van der Waals surface area (Å²) in [5, 5.41) is 0.